The van der Waals surface area contributed by atoms with Crippen LogP contribution in [0.5, 0.6) is 5.75 Å². The first-order valence-electron chi connectivity index (χ1n) is 4.30. The molecule has 1 aromatic rings. The normalized spacial score (nSPS) is 9.57. The molecular weight excluding hydrogens is 180 g/mol. The maximum atomic E-state index is 11.1. The van der Waals surface area contributed by atoms with Crippen molar-refractivity contribution in [3.8, 4) is 5.75 Å². The highest BCUT2D eigenvalue weighted by Gasteiger charge is 2.08. The molecule has 0 saturated heterocycles. The summed E-state index contributed by atoms with van der Waals surface area (Å²) >= 11 is 0. The van der Waals surface area contributed by atoms with Crippen molar-refractivity contribution in [2.75, 3.05) is 7.11 Å². The van der Waals surface area contributed by atoms with Gasteiger partial charge in [-0.3, -0.25) is 9.59 Å². The standard InChI is InChI=1S/C11H12O3/c1-8(12)11(13)7-9-4-3-5-10(6-9)14-2/h3-6H,7H2,1-2H3. The smallest absolute Gasteiger partial charge is 0.202 e. The van der Waals surface area contributed by atoms with Gasteiger partial charge in [-0.25, -0.2) is 0 Å². The molecule has 0 spiro atoms. The van der Waals surface area contributed by atoms with Gasteiger partial charge in [-0.2, -0.15) is 0 Å². The Morgan fingerprint density at radius 3 is 2.64 bits per heavy atom. The summed E-state index contributed by atoms with van der Waals surface area (Å²) in [5.41, 5.74) is 0.796. The van der Waals surface area contributed by atoms with Gasteiger partial charge in [-0.15, -0.1) is 0 Å². The third kappa shape index (κ3) is 2.69. The minimum atomic E-state index is -0.409. The van der Waals surface area contributed by atoms with Crippen LogP contribution < -0.4 is 4.74 Å². The van der Waals surface area contributed by atoms with Gasteiger partial charge in [0.15, 0.2) is 5.78 Å². The van der Waals surface area contributed by atoms with Crippen LogP contribution in [0.25, 0.3) is 0 Å². The fourth-order valence-corrected chi connectivity index (χ4v) is 1.09. The second-order valence-electron chi connectivity index (χ2n) is 3.01. The van der Waals surface area contributed by atoms with Crippen LogP contribution in [0.4, 0.5) is 0 Å². The molecule has 0 aromatic heterocycles. The van der Waals surface area contributed by atoms with Crippen molar-refractivity contribution >= 4 is 11.6 Å². The van der Waals surface area contributed by atoms with E-state index in [1.165, 1.54) is 6.92 Å². The van der Waals surface area contributed by atoms with Crippen molar-refractivity contribution in [2.24, 2.45) is 0 Å². The van der Waals surface area contributed by atoms with Crippen LogP contribution in [0.3, 0.4) is 0 Å². The molecule has 0 aliphatic rings. The van der Waals surface area contributed by atoms with E-state index in [1.807, 2.05) is 0 Å². The lowest BCUT2D eigenvalue weighted by Crippen LogP contribution is -2.12. The number of rotatable bonds is 4. The molecule has 0 atom stereocenters. The highest BCUT2D eigenvalue weighted by atomic mass is 16.5. The average Bonchev–Trinajstić information content (AvgIpc) is 2.18. The number of Topliss-reactive ketones (excluding diaryl/α,β-unsaturated/α-hetero) is 2. The van der Waals surface area contributed by atoms with Crippen LogP contribution in [-0.4, -0.2) is 18.7 Å². The van der Waals surface area contributed by atoms with Crippen LogP contribution >= 0.6 is 0 Å². The van der Waals surface area contributed by atoms with Gasteiger partial charge in [0.25, 0.3) is 0 Å². The average molecular weight is 192 g/mol. The molecule has 0 radical (unpaired) electrons. The van der Waals surface area contributed by atoms with Crippen LogP contribution in [-0.2, 0) is 16.0 Å². The maximum Gasteiger partial charge on any atom is 0.202 e. The summed E-state index contributed by atoms with van der Waals surface area (Å²) in [5, 5.41) is 0. The lowest BCUT2D eigenvalue weighted by atomic mass is 10.1. The second kappa shape index (κ2) is 4.56. The van der Waals surface area contributed by atoms with E-state index in [2.05, 4.69) is 0 Å². The first-order chi connectivity index (χ1) is 6.63. The zero-order valence-electron chi connectivity index (χ0n) is 8.24. The van der Waals surface area contributed by atoms with E-state index in [4.69, 9.17) is 4.74 Å². The third-order valence-electron chi connectivity index (χ3n) is 1.89. The number of hydrogen-bond acceptors (Lipinski definition) is 3. The molecule has 0 aliphatic heterocycles. The molecule has 0 saturated carbocycles. The van der Waals surface area contributed by atoms with E-state index < -0.39 is 5.78 Å². The molecule has 1 rings (SSSR count). The summed E-state index contributed by atoms with van der Waals surface area (Å²) in [6.07, 6.45) is 0.145. The third-order valence-corrected chi connectivity index (χ3v) is 1.89. The Labute approximate surface area is 82.7 Å². The Morgan fingerprint density at radius 1 is 1.36 bits per heavy atom. The number of carbonyl (C=O) groups excluding carboxylic acids is 2. The number of ether oxygens (including phenoxy) is 1. The lowest BCUT2D eigenvalue weighted by Gasteiger charge is -2.02. The quantitative estimate of drug-likeness (QED) is 0.677. The molecule has 0 amide bonds. The van der Waals surface area contributed by atoms with Crippen LogP contribution in [0, 0.1) is 0 Å². The number of hydrogen-bond donors (Lipinski definition) is 0. The van der Waals surface area contributed by atoms with E-state index in [0.717, 1.165) is 5.56 Å². The fourth-order valence-electron chi connectivity index (χ4n) is 1.09. The Bertz CT molecular complexity index is 355. The number of methoxy groups -OCH3 is 1. The fraction of sp³-hybridized carbons (Fsp3) is 0.273. The van der Waals surface area contributed by atoms with Crippen molar-refractivity contribution in [1.29, 1.82) is 0 Å². The summed E-state index contributed by atoms with van der Waals surface area (Å²) < 4.78 is 5.00. The zero-order valence-corrected chi connectivity index (χ0v) is 8.24. The molecule has 0 fully saturated rings. The zero-order chi connectivity index (χ0) is 10.6. The first kappa shape index (κ1) is 10.4. The number of ketones is 2. The number of carbonyl (C=O) groups is 2. The molecular formula is C11H12O3. The predicted octanol–water partition coefficient (Wildman–Crippen LogP) is 1.40. The summed E-state index contributed by atoms with van der Waals surface area (Å²) in [7, 11) is 1.56. The van der Waals surface area contributed by atoms with Crippen LogP contribution in [0.1, 0.15) is 12.5 Å². The van der Waals surface area contributed by atoms with Gasteiger partial charge in [0.05, 0.1) is 7.11 Å². The van der Waals surface area contributed by atoms with E-state index in [1.54, 1.807) is 31.4 Å². The molecule has 0 aliphatic carbocycles. The minimum absolute atomic E-state index is 0.145. The van der Waals surface area contributed by atoms with Crippen molar-refractivity contribution in [3.05, 3.63) is 29.8 Å². The van der Waals surface area contributed by atoms with Crippen molar-refractivity contribution in [2.45, 2.75) is 13.3 Å². The molecule has 1 aromatic carbocycles. The lowest BCUT2D eigenvalue weighted by molar-refractivity contribution is -0.134. The van der Waals surface area contributed by atoms with Gasteiger partial charge in [0, 0.05) is 13.3 Å². The first-order valence-corrected chi connectivity index (χ1v) is 4.30. The van der Waals surface area contributed by atoms with Crippen molar-refractivity contribution in [3.63, 3.8) is 0 Å². The highest BCUT2D eigenvalue weighted by molar-refractivity contribution is 6.36. The van der Waals surface area contributed by atoms with Gasteiger partial charge < -0.3 is 4.74 Å². The van der Waals surface area contributed by atoms with Gasteiger partial charge >= 0.3 is 0 Å². The number of benzene rings is 1. The molecule has 0 bridgehead atoms. The molecule has 14 heavy (non-hydrogen) atoms. The van der Waals surface area contributed by atoms with Gasteiger partial charge in [-0.05, 0) is 17.7 Å². The van der Waals surface area contributed by atoms with Crippen molar-refractivity contribution < 1.29 is 14.3 Å². The van der Waals surface area contributed by atoms with Gasteiger partial charge in [0.1, 0.15) is 5.75 Å². The molecule has 74 valence electrons. The molecule has 3 nitrogen and oxygen atoms in total. The van der Waals surface area contributed by atoms with Crippen molar-refractivity contribution in [1.82, 2.24) is 0 Å². The summed E-state index contributed by atoms with van der Waals surface area (Å²) in [6, 6.07) is 7.13. The van der Waals surface area contributed by atoms with Gasteiger partial charge in [0.2, 0.25) is 5.78 Å². The van der Waals surface area contributed by atoms with E-state index in [0.29, 0.717) is 5.75 Å². The summed E-state index contributed by atoms with van der Waals surface area (Å²) in [5.74, 6) is -0.0927. The van der Waals surface area contributed by atoms with Crippen LogP contribution in [0.2, 0.25) is 0 Å². The summed E-state index contributed by atoms with van der Waals surface area (Å²) in [4.78, 5) is 21.8. The second-order valence-corrected chi connectivity index (χ2v) is 3.01. The molecule has 0 unspecified atom stereocenters. The maximum absolute atomic E-state index is 11.1. The molecule has 0 N–H and O–H groups in total. The summed E-state index contributed by atoms with van der Waals surface area (Å²) in [6.45, 7) is 1.28. The Kier molecular flexibility index (Phi) is 3.40. The molecule has 3 heteroatoms. The SMILES string of the molecule is COc1cccc(CC(=O)C(C)=O)c1. The van der Waals surface area contributed by atoms with Gasteiger partial charge in [-0.1, -0.05) is 12.1 Å². The molecule has 0 heterocycles. The highest BCUT2D eigenvalue weighted by Crippen LogP contribution is 2.13. The Balaban J connectivity index is 2.76. The van der Waals surface area contributed by atoms with Crippen LogP contribution in [0.15, 0.2) is 24.3 Å². The monoisotopic (exact) mass is 192 g/mol. The predicted molar refractivity (Wildman–Crippen MR) is 52.4 cm³/mol. The van der Waals surface area contributed by atoms with E-state index in [9.17, 15) is 9.59 Å². The van der Waals surface area contributed by atoms with E-state index in [-0.39, 0.29) is 12.2 Å². The Morgan fingerprint density at radius 2 is 2.07 bits per heavy atom. The topological polar surface area (TPSA) is 43.4 Å². The van der Waals surface area contributed by atoms with E-state index >= 15 is 0 Å². The Hall–Kier alpha value is -1.64. The minimum Gasteiger partial charge on any atom is -0.497 e. The largest absolute Gasteiger partial charge is 0.497 e.